The first-order chi connectivity index (χ1) is 62.4. The van der Waals surface area contributed by atoms with E-state index in [4.69, 9.17) is 13.5 Å². The summed E-state index contributed by atoms with van der Waals surface area (Å²) in [5.74, 6) is 0. The van der Waals surface area contributed by atoms with Gasteiger partial charge in [0.25, 0.3) is 22.5 Å². The maximum atomic E-state index is 7.92. The Morgan fingerprint density at radius 2 is 0.270 bits per heavy atom. The number of nitrogens with one attached hydrogen (secondary N) is 6. The molecule has 0 amide bonds. The molecule has 0 saturated heterocycles. The Hall–Kier alpha value is -15.8. The van der Waals surface area contributed by atoms with Crippen LogP contribution in [0.1, 0.15) is 0 Å². The molecule has 1 aliphatic heterocycles. The van der Waals surface area contributed by atoms with Gasteiger partial charge >= 0.3 is 0 Å². The molecule has 0 aliphatic carbocycles. The molecule has 126 heavy (non-hydrogen) atoms. The Kier molecular flexibility index (Phi) is 16.9. The van der Waals surface area contributed by atoms with Gasteiger partial charge in [0.05, 0.1) is 67.2 Å². The first-order valence-electron chi connectivity index (χ1n) is 42.5. The summed E-state index contributed by atoms with van der Waals surface area (Å²) in [6, 6.07) is 159. The molecule has 0 radical (unpaired) electrons. The molecule has 0 spiro atoms. The molecular formula is C108H78N15P3. The summed E-state index contributed by atoms with van der Waals surface area (Å²) >= 11 is 0. The highest BCUT2D eigenvalue weighted by molar-refractivity contribution is 7.91. The van der Waals surface area contributed by atoms with Crippen LogP contribution in [0.25, 0.3) is 131 Å². The predicted octanol–water partition coefficient (Wildman–Crippen LogP) is 32.7. The van der Waals surface area contributed by atoms with Gasteiger partial charge in [-0.3, -0.25) is 28.0 Å². The number of anilines is 12. The van der Waals surface area contributed by atoms with Crippen LogP contribution in [0.5, 0.6) is 0 Å². The van der Waals surface area contributed by atoms with E-state index in [-0.39, 0.29) is 0 Å². The molecule has 0 bridgehead atoms. The summed E-state index contributed by atoms with van der Waals surface area (Å²) in [4.78, 5) is 25.2. The van der Waals surface area contributed by atoms with Crippen LogP contribution in [-0.4, -0.2) is 29.9 Å². The number of aromatic amines is 6. The quantitative estimate of drug-likeness (QED) is 0.0471. The van der Waals surface area contributed by atoms with Gasteiger partial charge in [0.15, 0.2) is 0 Å². The normalized spacial score (nSPS) is 13.6. The van der Waals surface area contributed by atoms with E-state index in [1.807, 2.05) is 0 Å². The average Bonchev–Trinajstić information content (AvgIpc) is 1.16. The Morgan fingerprint density at radius 1 is 0.135 bits per heavy atom. The van der Waals surface area contributed by atoms with Crippen molar-refractivity contribution in [3.63, 3.8) is 0 Å². The van der Waals surface area contributed by atoms with Gasteiger partial charge in [-0.15, -0.1) is 0 Å². The van der Waals surface area contributed by atoms with E-state index in [2.05, 4.69) is 495 Å². The van der Waals surface area contributed by atoms with Crippen LogP contribution in [0.3, 0.4) is 0 Å². The molecule has 7 heterocycles. The van der Waals surface area contributed by atoms with Crippen LogP contribution < -0.4 is 28.0 Å². The largest absolute Gasteiger partial charge is 0.353 e. The van der Waals surface area contributed by atoms with E-state index in [1.165, 1.54) is 0 Å². The Balaban J connectivity index is 1.04. The highest BCUT2D eigenvalue weighted by Gasteiger charge is 2.57. The van der Waals surface area contributed by atoms with E-state index < -0.39 is 22.5 Å². The van der Waals surface area contributed by atoms with Crippen molar-refractivity contribution in [3.8, 4) is 0 Å². The van der Waals surface area contributed by atoms with Gasteiger partial charge in [0.2, 0.25) is 0 Å². The third kappa shape index (κ3) is 11.3. The lowest BCUT2D eigenvalue weighted by Crippen LogP contribution is -2.34. The minimum absolute atomic E-state index is 0.813. The van der Waals surface area contributed by atoms with Crippen molar-refractivity contribution in [3.05, 3.63) is 437 Å². The van der Waals surface area contributed by atoms with Crippen LogP contribution >= 0.6 is 22.5 Å². The van der Waals surface area contributed by atoms with Gasteiger partial charge in [-0.1, -0.05) is 291 Å². The molecule has 6 aromatic heterocycles. The monoisotopic (exact) mass is 1680 g/mol. The third-order valence-electron chi connectivity index (χ3n) is 24.8. The zero-order chi connectivity index (χ0) is 83.0. The molecule has 0 fully saturated rings. The molecule has 6 N–H and O–H groups in total. The number of aromatic nitrogens is 6. The van der Waals surface area contributed by atoms with Crippen molar-refractivity contribution in [1.29, 1.82) is 0 Å². The second-order valence-corrected chi connectivity index (χ2v) is 39.8. The number of para-hydroxylation sites is 18. The lowest BCUT2D eigenvalue weighted by atomic mass is 10.1. The van der Waals surface area contributed by atoms with Crippen LogP contribution in [0, 0.1) is 0 Å². The fourth-order valence-electron chi connectivity index (χ4n) is 19.5. The van der Waals surface area contributed by atoms with Crippen molar-refractivity contribution < 1.29 is 0 Å². The predicted molar refractivity (Wildman–Crippen MR) is 534 cm³/mol. The van der Waals surface area contributed by atoms with Gasteiger partial charge in [-0.2, -0.15) is 13.5 Å². The van der Waals surface area contributed by atoms with Crippen molar-refractivity contribution in [2.75, 3.05) is 28.0 Å². The fourth-order valence-corrected chi connectivity index (χ4v) is 34.6. The number of H-pyrrole nitrogens is 6. The molecule has 0 saturated carbocycles. The van der Waals surface area contributed by atoms with Crippen LogP contribution in [-0.2, 0) is 0 Å². The summed E-state index contributed by atoms with van der Waals surface area (Å²) in [5, 5.41) is 12.6. The number of hydrogen-bond acceptors (Lipinski definition) is 9. The number of benzene rings is 18. The minimum atomic E-state index is -4.90. The lowest BCUT2D eigenvalue weighted by molar-refractivity contribution is 1.24. The smallest absolute Gasteiger partial charge is 0.283 e. The Morgan fingerprint density at radius 3 is 0.429 bits per heavy atom. The molecule has 600 valence electrons. The van der Waals surface area contributed by atoms with Crippen LogP contribution in [0.4, 0.5) is 68.2 Å². The van der Waals surface area contributed by atoms with Gasteiger partial charge in [-0.05, 0) is 146 Å². The molecule has 18 heteroatoms. The van der Waals surface area contributed by atoms with Crippen LogP contribution in [0.15, 0.2) is 450 Å². The molecule has 15 nitrogen and oxygen atoms in total. The van der Waals surface area contributed by atoms with E-state index in [0.29, 0.717) is 0 Å². The van der Waals surface area contributed by atoms with Crippen LogP contribution in [0.2, 0.25) is 0 Å². The summed E-state index contributed by atoms with van der Waals surface area (Å²) in [7, 11) is -14.7. The maximum absolute atomic E-state index is 7.92. The van der Waals surface area contributed by atoms with E-state index >= 15 is 0 Å². The van der Waals surface area contributed by atoms with Crippen molar-refractivity contribution in [1.82, 2.24) is 29.9 Å². The lowest BCUT2D eigenvalue weighted by Gasteiger charge is -2.54. The molecule has 25 rings (SSSR count). The Labute approximate surface area is 725 Å². The SMILES string of the molecule is c1ccc(N(c2cccc3c2[nH]c2ccccc23)P2(N(c3ccccc3)c3cccc4c3[nH]c3ccccc34)=NP(N(c3ccccc3)c3cccc4c3[nH]c3ccccc34)(N(c3ccccc3)c3cccc4c3[nH]c3ccccc34)=NP(N(c3ccccc3)c3cccc4c3[nH]c3ccccc34)(N(c3ccccc3)c3cccc4c3[nH]c3ccccc34)=N2)cc1. The summed E-state index contributed by atoms with van der Waals surface area (Å²) < 4.78 is 39.3. The summed E-state index contributed by atoms with van der Waals surface area (Å²) in [6.07, 6.45) is 0. The highest BCUT2D eigenvalue weighted by atomic mass is 31.3. The fraction of sp³-hybridized carbons (Fsp3) is 0. The zero-order valence-corrected chi connectivity index (χ0v) is 70.6. The van der Waals surface area contributed by atoms with E-state index in [1.54, 1.807) is 0 Å². The first-order valence-corrected chi connectivity index (χ1v) is 47.3. The molecule has 0 atom stereocenters. The van der Waals surface area contributed by atoms with Crippen molar-refractivity contribution in [2.45, 2.75) is 0 Å². The minimum Gasteiger partial charge on any atom is -0.353 e. The first kappa shape index (κ1) is 73.0. The highest BCUT2D eigenvalue weighted by Crippen LogP contribution is 2.89. The molecule has 0 unspecified atom stereocenters. The number of fused-ring (bicyclic) bond motifs is 18. The number of nitrogens with zero attached hydrogens (tertiary/aromatic N) is 9. The zero-order valence-electron chi connectivity index (χ0n) is 67.9. The standard InChI is InChI=1S/C108H78N15P3/c1-7-37-73(38-8-1)118(97-67-31-55-85-79-49-19-25-61-91(79)109-103(85)97)124(119(74-39-9-2-10-40-74)98-68-32-56-86-80-50-20-26-62-92(80)110-104(86)98)115-125(120(75-41-11-3-12-42-75)99-69-33-57-87-81-51-21-27-63-93(81)111-105(87)99,121(76-43-13-4-14-44-76)100-70-34-58-88-82-52-22-28-64-94(82)112-106(88)100)117-126(116-124,122(77-45-15-5-16-46-77)101-71-35-59-89-83-53-23-29-65-95(83)113-107(89)101)123(78-47-17-6-18-48-78)102-72-36-60-90-84-54-24-30-66-96(84)114-108(90)102/h1-72,109-114H. The van der Waals surface area contributed by atoms with Gasteiger partial charge in [0, 0.05) is 132 Å². The Bertz CT molecular complexity index is 7300. The van der Waals surface area contributed by atoms with Crippen molar-refractivity contribution >= 4 is 222 Å². The van der Waals surface area contributed by atoms with E-state index in [0.717, 1.165) is 199 Å². The molecule has 1 aliphatic rings. The number of hydrogen-bond donors (Lipinski definition) is 6. The topological polar surface area (TPSA) is 151 Å². The van der Waals surface area contributed by atoms with Gasteiger partial charge in [-0.25, -0.2) is 0 Å². The van der Waals surface area contributed by atoms with E-state index in [9.17, 15) is 0 Å². The van der Waals surface area contributed by atoms with Gasteiger partial charge in [0.1, 0.15) is 0 Å². The molecule has 18 aromatic carbocycles. The van der Waals surface area contributed by atoms with Crippen molar-refractivity contribution in [2.24, 2.45) is 13.5 Å². The van der Waals surface area contributed by atoms with Gasteiger partial charge < -0.3 is 29.9 Å². The third-order valence-corrected chi connectivity index (χ3v) is 36.5. The molecular weight excluding hydrogens is 1600 g/mol. The second-order valence-electron chi connectivity index (χ2n) is 32.0. The number of rotatable bonds is 18. The average molecular weight is 1680 g/mol. The second kappa shape index (κ2) is 29.2. The maximum Gasteiger partial charge on any atom is 0.283 e. The summed E-state index contributed by atoms with van der Waals surface area (Å²) in [6.45, 7) is 0. The molecule has 24 aromatic rings. The summed E-state index contributed by atoms with van der Waals surface area (Å²) in [5.41, 5.74) is 21.0.